The number of hydrogen-bond donors (Lipinski definition) is 2. The van der Waals surface area contributed by atoms with Crippen LogP contribution in [-0.2, 0) is 9.84 Å². The Labute approximate surface area is 113 Å². The lowest BCUT2D eigenvalue weighted by Crippen LogP contribution is -2.26. The fraction of sp³-hybridized carbons (Fsp3) is 0.500. The second-order valence-corrected chi connectivity index (χ2v) is 8.37. The number of benzene rings is 1. The third-order valence-electron chi connectivity index (χ3n) is 2.71. The highest BCUT2D eigenvalue weighted by Crippen LogP contribution is 2.26. The molecule has 0 amide bonds. The van der Waals surface area contributed by atoms with E-state index in [9.17, 15) is 8.42 Å². The zero-order chi connectivity index (χ0) is 14.0. The molecule has 4 nitrogen and oxygen atoms in total. The number of thioether (sulfide) groups is 1. The SMILES string of the molecule is CSC(C)(C)CNc1ccc(S(C)(=O)=O)cc1N. The van der Waals surface area contributed by atoms with Crippen molar-refractivity contribution in [2.75, 3.05) is 30.1 Å². The molecule has 18 heavy (non-hydrogen) atoms. The molecule has 0 aliphatic heterocycles. The van der Waals surface area contributed by atoms with Crippen LogP contribution in [0.15, 0.2) is 23.1 Å². The molecule has 0 atom stereocenters. The van der Waals surface area contributed by atoms with Crippen molar-refractivity contribution in [3.8, 4) is 0 Å². The standard InChI is InChI=1S/C12H20N2O2S2/c1-12(2,17-3)8-14-11-6-5-9(7-10(11)13)18(4,15)16/h5-7,14H,8,13H2,1-4H3. The lowest BCUT2D eigenvalue weighted by molar-refractivity contribution is 0.602. The topological polar surface area (TPSA) is 72.2 Å². The van der Waals surface area contributed by atoms with Crippen LogP contribution in [0.1, 0.15) is 13.8 Å². The molecule has 6 heteroatoms. The number of hydrogen-bond acceptors (Lipinski definition) is 5. The van der Waals surface area contributed by atoms with Crippen LogP contribution in [0.5, 0.6) is 0 Å². The maximum Gasteiger partial charge on any atom is 0.175 e. The van der Waals surface area contributed by atoms with Crippen LogP contribution < -0.4 is 11.1 Å². The summed E-state index contributed by atoms with van der Waals surface area (Å²) in [5.74, 6) is 0. The van der Waals surface area contributed by atoms with Crippen molar-refractivity contribution in [3.05, 3.63) is 18.2 Å². The summed E-state index contributed by atoms with van der Waals surface area (Å²) < 4.78 is 22.9. The normalized spacial score (nSPS) is 12.4. The fourth-order valence-corrected chi connectivity index (χ4v) is 2.19. The molecule has 102 valence electrons. The molecule has 0 aliphatic rings. The van der Waals surface area contributed by atoms with Crippen LogP contribution in [0.25, 0.3) is 0 Å². The highest BCUT2D eigenvalue weighted by Gasteiger charge is 2.16. The summed E-state index contributed by atoms with van der Waals surface area (Å²) in [6, 6.07) is 4.77. The van der Waals surface area contributed by atoms with E-state index in [1.165, 1.54) is 12.3 Å². The fourth-order valence-electron chi connectivity index (χ4n) is 1.31. The average molecular weight is 288 g/mol. The molecule has 0 saturated carbocycles. The van der Waals surface area contributed by atoms with Gasteiger partial charge in [-0.1, -0.05) is 0 Å². The van der Waals surface area contributed by atoms with E-state index in [-0.39, 0.29) is 9.64 Å². The number of nitrogen functional groups attached to an aromatic ring is 1. The van der Waals surface area contributed by atoms with Gasteiger partial charge < -0.3 is 11.1 Å². The first-order valence-electron chi connectivity index (χ1n) is 5.54. The summed E-state index contributed by atoms with van der Waals surface area (Å²) in [4.78, 5) is 0.245. The molecule has 0 saturated heterocycles. The smallest absolute Gasteiger partial charge is 0.175 e. The molecule has 0 fully saturated rings. The number of nitrogens with two attached hydrogens (primary N) is 1. The van der Waals surface area contributed by atoms with Crippen LogP contribution in [0.4, 0.5) is 11.4 Å². The van der Waals surface area contributed by atoms with Crippen molar-refractivity contribution in [1.29, 1.82) is 0 Å². The van der Waals surface area contributed by atoms with E-state index >= 15 is 0 Å². The van der Waals surface area contributed by atoms with Gasteiger partial charge in [0.05, 0.1) is 16.3 Å². The van der Waals surface area contributed by atoms with Gasteiger partial charge in [-0.25, -0.2) is 8.42 Å². The van der Waals surface area contributed by atoms with Gasteiger partial charge in [0, 0.05) is 17.5 Å². The predicted octanol–water partition coefficient (Wildman–Crippen LogP) is 2.23. The Hall–Kier alpha value is -0.880. The van der Waals surface area contributed by atoms with Crippen LogP contribution in [0, 0.1) is 0 Å². The van der Waals surface area contributed by atoms with E-state index in [0.29, 0.717) is 5.69 Å². The zero-order valence-electron chi connectivity index (χ0n) is 11.1. The van der Waals surface area contributed by atoms with Crippen LogP contribution in [0.3, 0.4) is 0 Å². The van der Waals surface area contributed by atoms with Crippen molar-refractivity contribution in [3.63, 3.8) is 0 Å². The quantitative estimate of drug-likeness (QED) is 0.813. The summed E-state index contributed by atoms with van der Waals surface area (Å²) in [5, 5.41) is 3.24. The van der Waals surface area contributed by atoms with Crippen LogP contribution in [-0.4, -0.2) is 32.2 Å². The molecule has 0 bridgehead atoms. The number of rotatable bonds is 5. The van der Waals surface area contributed by atoms with Gasteiger partial charge in [-0.05, 0) is 38.3 Å². The molecule has 0 spiro atoms. The molecular weight excluding hydrogens is 268 g/mol. The molecule has 3 N–H and O–H groups in total. The van der Waals surface area contributed by atoms with E-state index in [2.05, 4.69) is 25.4 Å². The summed E-state index contributed by atoms with van der Waals surface area (Å²) in [6.07, 6.45) is 3.23. The summed E-state index contributed by atoms with van der Waals surface area (Å²) in [6.45, 7) is 5.02. The van der Waals surface area contributed by atoms with Crippen molar-refractivity contribution in [2.24, 2.45) is 0 Å². The van der Waals surface area contributed by atoms with Crippen LogP contribution in [0.2, 0.25) is 0 Å². The maximum absolute atomic E-state index is 11.4. The largest absolute Gasteiger partial charge is 0.397 e. The highest BCUT2D eigenvalue weighted by atomic mass is 32.2. The lowest BCUT2D eigenvalue weighted by atomic mass is 10.2. The first-order chi connectivity index (χ1) is 8.15. The molecule has 1 aromatic carbocycles. The van der Waals surface area contributed by atoms with Gasteiger partial charge in [-0.15, -0.1) is 0 Å². The van der Waals surface area contributed by atoms with Crippen LogP contribution >= 0.6 is 11.8 Å². The van der Waals surface area contributed by atoms with E-state index < -0.39 is 9.84 Å². The molecule has 0 heterocycles. The third-order valence-corrected chi connectivity index (χ3v) is 5.07. The maximum atomic E-state index is 11.4. The van der Waals surface area contributed by atoms with Gasteiger partial charge in [-0.2, -0.15) is 11.8 Å². The Bertz CT molecular complexity index is 525. The second-order valence-electron chi connectivity index (χ2n) is 4.84. The van der Waals surface area contributed by atoms with Gasteiger partial charge in [0.15, 0.2) is 9.84 Å². The van der Waals surface area contributed by atoms with E-state index in [1.807, 2.05) is 0 Å². The summed E-state index contributed by atoms with van der Waals surface area (Å²) in [5.41, 5.74) is 7.08. The lowest BCUT2D eigenvalue weighted by Gasteiger charge is -2.23. The Kier molecular flexibility index (Phi) is 4.55. The number of nitrogens with one attached hydrogen (secondary N) is 1. The highest BCUT2D eigenvalue weighted by molar-refractivity contribution is 7.99. The third kappa shape index (κ3) is 4.10. The molecule has 0 radical (unpaired) electrons. The molecule has 1 aromatic rings. The van der Waals surface area contributed by atoms with Gasteiger partial charge in [0.25, 0.3) is 0 Å². The predicted molar refractivity (Wildman–Crippen MR) is 80.0 cm³/mol. The van der Waals surface area contributed by atoms with Crippen molar-refractivity contribution < 1.29 is 8.42 Å². The Balaban J connectivity index is 2.88. The van der Waals surface area contributed by atoms with Gasteiger partial charge >= 0.3 is 0 Å². The molecule has 0 aromatic heterocycles. The minimum atomic E-state index is -3.20. The van der Waals surface area contributed by atoms with Gasteiger partial charge in [-0.3, -0.25) is 0 Å². The summed E-state index contributed by atoms with van der Waals surface area (Å²) in [7, 11) is -3.20. The Morgan fingerprint density at radius 3 is 2.44 bits per heavy atom. The van der Waals surface area contributed by atoms with E-state index in [1.54, 1.807) is 23.9 Å². The average Bonchev–Trinajstić information content (AvgIpc) is 2.26. The minimum Gasteiger partial charge on any atom is -0.397 e. The van der Waals surface area contributed by atoms with E-state index in [4.69, 9.17) is 5.73 Å². The second kappa shape index (κ2) is 5.40. The number of anilines is 2. The van der Waals surface area contributed by atoms with Crippen molar-refractivity contribution in [1.82, 2.24) is 0 Å². The molecule has 0 aliphatic carbocycles. The van der Waals surface area contributed by atoms with Crippen molar-refractivity contribution >= 4 is 33.0 Å². The first kappa shape index (κ1) is 15.2. The molecular formula is C12H20N2O2S2. The summed E-state index contributed by atoms with van der Waals surface area (Å²) >= 11 is 1.76. The molecule has 0 unspecified atom stereocenters. The van der Waals surface area contributed by atoms with E-state index in [0.717, 1.165) is 12.2 Å². The zero-order valence-corrected chi connectivity index (χ0v) is 12.8. The first-order valence-corrected chi connectivity index (χ1v) is 8.66. The minimum absolute atomic E-state index is 0.0992. The molecule has 1 rings (SSSR count). The van der Waals surface area contributed by atoms with Gasteiger partial charge in [0.2, 0.25) is 0 Å². The van der Waals surface area contributed by atoms with Crippen molar-refractivity contribution in [2.45, 2.75) is 23.5 Å². The Morgan fingerprint density at radius 2 is 2.00 bits per heavy atom. The Morgan fingerprint density at radius 1 is 1.39 bits per heavy atom. The monoisotopic (exact) mass is 288 g/mol. The van der Waals surface area contributed by atoms with Gasteiger partial charge in [0.1, 0.15) is 0 Å². The number of sulfone groups is 1.